The molecule has 26 heavy (non-hydrogen) atoms. The molecule has 1 fully saturated rings. The molecule has 1 aromatic heterocycles. The molecule has 132 valence electrons. The number of benzene rings is 2. The minimum Gasteiger partial charge on any atom is -0.425 e. The molecule has 1 atom stereocenters. The average molecular weight is 351 g/mol. The smallest absolute Gasteiger partial charge is 0.227 e. The molecule has 2 heterocycles. The van der Waals surface area contributed by atoms with Gasteiger partial charge in [0.05, 0.1) is 12.3 Å². The molecule has 1 aliphatic rings. The fourth-order valence-electron chi connectivity index (χ4n) is 3.13. The van der Waals surface area contributed by atoms with E-state index in [1.807, 2.05) is 31.2 Å². The summed E-state index contributed by atoms with van der Waals surface area (Å²) in [6.07, 6.45) is 0.793. The Labute approximate surface area is 150 Å². The molecule has 2 aromatic carbocycles. The second kappa shape index (κ2) is 6.71. The summed E-state index contributed by atoms with van der Waals surface area (Å²) in [5.41, 5.74) is 2.93. The van der Waals surface area contributed by atoms with Crippen LogP contribution in [0.4, 0.5) is 10.1 Å². The first-order valence-corrected chi connectivity index (χ1v) is 8.52. The maximum absolute atomic E-state index is 13.0. The van der Waals surface area contributed by atoms with Gasteiger partial charge in [0.15, 0.2) is 0 Å². The van der Waals surface area contributed by atoms with Crippen molar-refractivity contribution in [3.63, 3.8) is 0 Å². The Bertz CT molecular complexity index is 919. The van der Waals surface area contributed by atoms with E-state index in [1.54, 1.807) is 17.0 Å². The Kier molecular flexibility index (Phi) is 4.24. The Morgan fingerprint density at radius 2 is 1.85 bits per heavy atom. The number of aromatic nitrogens is 2. The van der Waals surface area contributed by atoms with Gasteiger partial charge >= 0.3 is 0 Å². The summed E-state index contributed by atoms with van der Waals surface area (Å²) >= 11 is 0. The third kappa shape index (κ3) is 3.35. The SMILES string of the molecule is Cc1ccc(N2CC(c3nnc(Cc4ccc(F)cc4)o3)CC2=O)cc1. The molecule has 1 amide bonds. The Morgan fingerprint density at radius 3 is 2.58 bits per heavy atom. The zero-order valence-corrected chi connectivity index (χ0v) is 14.4. The number of anilines is 1. The Hall–Kier alpha value is -3.02. The maximum atomic E-state index is 13.0. The highest BCUT2D eigenvalue weighted by Crippen LogP contribution is 2.31. The van der Waals surface area contributed by atoms with Crippen molar-refractivity contribution >= 4 is 11.6 Å². The van der Waals surface area contributed by atoms with E-state index in [2.05, 4.69) is 10.2 Å². The topological polar surface area (TPSA) is 59.2 Å². The summed E-state index contributed by atoms with van der Waals surface area (Å²) in [6.45, 7) is 2.54. The molecule has 5 nitrogen and oxygen atoms in total. The molecule has 1 saturated heterocycles. The van der Waals surface area contributed by atoms with E-state index in [4.69, 9.17) is 4.42 Å². The number of aryl methyl sites for hydroxylation is 1. The number of amides is 1. The monoisotopic (exact) mass is 351 g/mol. The number of rotatable bonds is 4. The lowest BCUT2D eigenvalue weighted by Gasteiger charge is -2.16. The number of halogens is 1. The predicted molar refractivity (Wildman–Crippen MR) is 94.4 cm³/mol. The number of carbonyl (C=O) groups excluding carboxylic acids is 1. The first kappa shape index (κ1) is 16.4. The van der Waals surface area contributed by atoms with E-state index in [-0.39, 0.29) is 17.6 Å². The van der Waals surface area contributed by atoms with E-state index in [0.717, 1.165) is 16.8 Å². The molecule has 3 aromatic rings. The van der Waals surface area contributed by atoms with Crippen LogP contribution >= 0.6 is 0 Å². The van der Waals surface area contributed by atoms with Crippen LogP contribution in [0.5, 0.6) is 0 Å². The van der Waals surface area contributed by atoms with Gasteiger partial charge in [-0.05, 0) is 36.8 Å². The van der Waals surface area contributed by atoms with Crippen molar-refractivity contribution in [2.24, 2.45) is 0 Å². The molecule has 1 unspecified atom stereocenters. The molecule has 0 aliphatic carbocycles. The van der Waals surface area contributed by atoms with Crippen molar-refractivity contribution in [2.75, 3.05) is 11.4 Å². The summed E-state index contributed by atoms with van der Waals surface area (Å²) in [6, 6.07) is 14.1. The predicted octanol–water partition coefficient (Wildman–Crippen LogP) is 3.63. The van der Waals surface area contributed by atoms with Gasteiger partial charge in [-0.15, -0.1) is 10.2 Å². The second-order valence-electron chi connectivity index (χ2n) is 6.58. The van der Waals surface area contributed by atoms with Gasteiger partial charge in [-0.25, -0.2) is 4.39 Å². The highest BCUT2D eigenvalue weighted by Gasteiger charge is 2.34. The molecule has 0 radical (unpaired) electrons. The van der Waals surface area contributed by atoms with Gasteiger partial charge < -0.3 is 9.32 Å². The van der Waals surface area contributed by atoms with Crippen LogP contribution in [0.2, 0.25) is 0 Å². The van der Waals surface area contributed by atoms with Crippen LogP contribution in [0, 0.1) is 12.7 Å². The fraction of sp³-hybridized carbons (Fsp3) is 0.250. The minimum atomic E-state index is -0.277. The Balaban J connectivity index is 1.47. The molecule has 6 heteroatoms. The molecule has 0 N–H and O–H groups in total. The summed E-state index contributed by atoms with van der Waals surface area (Å²) in [4.78, 5) is 14.1. The van der Waals surface area contributed by atoms with E-state index < -0.39 is 0 Å². The molecular formula is C20H18FN3O2. The summed E-state index contributed by atoms with van der Waals surface area (Å²) in [7, 11) is 0. The summed E-state index contributed by atoms with van der Waals surface area (Å²) < 4.78 is 18.7. The summed E-state index contributed by atoms with van der Waals surface area (Å²) in [5.74, 6) is 0.606. The van der Waals surface area contributed by atoms with E-state index >= 15 is 0 Å². The second-order valence-corrected chi connectivity index (χ2v) is 6.58. The third-order valence-electron chi connectivity index (χ3n) is 4.57. The number of hydrogen-bond donors (Lipinski definition) is 0. The molecule has 4 rings (SSSR count). The summed E-state index contributed by atoms with van der Waals surface area (Å²) in [5, 5.41) is 8.19. The Morgan fingerprint density at radius 1 is 1.12 bits per heavy atom. The molecule has 0 saturated carbocycles. The molecule has 0 spiro atoms. The van der Waals surface area contributed by atoms with E-state index in [0.29, 0.717) is 31.2 Å². The van der Waals surface area contributed by atoms with Gasteiger partial charge in [0.2, 0.25) is 17.7 Å². The van der Waals surface area contributed by atoms with Crippen molar-refractivity contribution < 1.29 is 13.6 Å². The fourth-order valence-corrected chi connectivity index (χ4v) is 3.13. The normalized spacial score (nSPS) is 17.1. The molecule has 0 bridgehead atoms. The van der Waals surface area contributed by atoms with E-state index in [1.165, 1.54) is 12.1 Å². The molecular weight excluding hydrogens is 333 g/mol. The lowest BCUT2D eigenvalue weighted by Crippen LogP contribution is -2.24. The van der Waals surface area contributed by atoms with Crippen LogP contribution in [0.15, 0.2) is 52.9 Å². The number of nitrogens with zero attached hydrogens (tertiary/aromatic N) is 3. The zero-order chi connectivity index (χ0) is 18.1. The highest BCUT2D eigenvalue weighted by atomic mass is 19.1. The van der Waals surface area contributed by atoms with Crippen molar-refractivity contribution in [2.45, 2.75) is 25.7 Å². The van der Waals surface area contributed by atoms with Crippen molar-refractivity contribution in [1.29, 1.82) is 0 Å². The quantitative estimate of drug-likeness (QED) is 0.720. The first-order valence-electron chi connectivity index (χ1n) is 8.52. The van der Waals surface area contributed by atoms with Gasteiger partial charge in [0.1, 0.15) is 5.82 Å². The number of hydrogen-bond acceptors (Lipinski definition) is 4. The van der Waals surface area contributed by atoms with Crippen molar-refractivity contribution in [1.82, 2.24) is 10.2 Å². The van der Waals surface area contributed by atoms with Crippen LogP contribution in [-0.2, 0) is 11.2 Å². The molecule has 1 aliphatic heterocycles. The highest BCUT2D eigenvalue weighted by molar-refractivity contribution is 5.96. The van der Waals surface area contributed by atoms with Gasteiger partial charge in [0, 0.05) is 18.7 Å². The first-order chi connectivity index (χ1) is 12.6. The largest absolute Gasteiger partial charge is 0.425 e. The average Bonchev–Trinajstić information content (AvgIpc) is 3.24. The van der Waals surface area contributed by atoms with E-state index in [9.17, 15) is 9.18 Å². The van der Waals surface area contributed by atoms with Crippen LogP contribution in [0.1, 0.15) is 35.2 Å². The van der Waals surface area contributed by atoms with Crippen LogP contribution in [-0.4, -0.2) is 22.6 Å². The van der Waals surface area contributed by atoms with Crippen LogP contribution in [0.25, 0.3) is 0 Å². The van der Waals surface area contributed by atoms with Gasteiger partial charge in [-0.3, -0.25) is 4.79 Å². The number of carbonyl (C=O) groups is 1. The van der Waals surface area contributed by atoms with Gasteiger partial charge in [0.25, 0.3) is 0 Å². The van der Waals surface area contributed by atoms with Crippen molar-refractivity contribution in [3.05, 3.63) is 77.3 Å². The van der Waals surface area contributed by atoms with Crippen LogP contribution in [0.3, 0.4) is 0 Å². The lowest BCUT2D eigenvalue weighted by atomic mass is 10.1. The minimum absolute atomic E-state index is 0.0529. The van der Waals surface area contributed by atoms with Crippen LogP contribution < -0.4 is 4.90 Å². The zero-order valence-electron chi connectivity index (χ0n) is 14.4. The standard InChI is InChI=1S/C20H18FN3O2/c1-13-2-8-17(9-3-13)24-12-15(11-19(24)25)20-23-22-18(26-20)10-14-4-6-16(21)7-5-14/h2-9,15H,10-12H2,1H3. The third-order valence-corrected chi connectivity index (χ3v) is 4.57. The lowest BCUT2D eigenvalue weighted by molar-refractivity contribution is -0.117. The van der Waals surface area contributed by atoms with Gasteiger partial charge in [-0.1, -0.05) is 29.8 Å². The van der Waals surface area contributed by atoms with Crippen molar-refractivity contribution in [3.8, 4) is 0 Å². The van der Waals surface area contributed by atoms with Gasteiger partial charge in [-0.2, -0.15) is 0 Å². The maximum Gasteiger partial charge on any atom is 0.227 e.